The minimum absolute atomic E-state index is 0.0177. The van der Waals surface area contributed by atoms with Gasteiger partial charge in [-0.05, 0) is 37.3 Å². The minimum Gasteiger partial charge on any atom is -0.496 e. The Morgan fingerprint density at radius 3 is 2.26 bits per heavy atom. The standard InChI is InChI=1S/C32H43ClN2O7/c1-7-42-31(39)21-14-16-34(17-15-21)27(36)12-13-28(37)35(20-32(2,3)4)29-24(18-22(33)19-26(29)41-6)30(38)23-10-8-9-11-25(23)40-5/h8-11,18-19,21,30,38H,7,12-17,20H2,1-6H3/t30-/m0/s1. The zero-order valence-electron chi connectivity index (χ0n) is 25.4. The Kier molecular flexibility index (Phi) is 11.7. The van der Waals surface area contributed by atoms with Crippen molar-refractivity contribution in [2.75, 3.05) is 45.4 Å². The number of ether oxygens (including phenoxy) is 3. The fourth-order valence-electron chi connectivity index (χ4n) is 5.21. The van der Waals surface area contributed by atoms with Crippen LogP contribution in [-0.4, -0.2) is 68.3 Å². The average molecular weight is 603 g/mol. The molecule has 0 bridgehead atoms. The predicted octanol–water partition coefficient (Wildman–Crippen LogP) is 5.40. The first kappa shape index (κ1) is 33.2. The number of halogens is 1. The van der Waals surface area contributed by atoms with Gasteiger partial charge in [0.05, 0.1) is 32.4 Å². The molecule has 2 aromatic rings. The van der Waals surface area contributed by atoms with Gasteiger partial charge in [0.25, 0.3) is 0 Å². The highest BCUT2D eigenvalue weighted by Crippen LogP contribution is 2.43. The van der Waals surface area contributed by atoms with E-state index in [0.29, 0.717) is 72.4 Å². The van der Waals surface area contributed by atoms with Gasteiger partial charge in [-0.25, -0.2) is 0 Å². The van der Waals surface area contributed by atoms with Gasteiger partial charge in [-0.1, -0.05) is 50.6 Å². The Bertz CT molecular complexity index is 1250. The summed E-state index contributed by atoms with van der Waals surface area (Å²) in [5, 5.41) is 12.0. The van der Waals surface area contributed by atoms with Crippen molar-refractivity contribution in [3.05, 3.63) is 52.5 Å². The van der Waals surface area contributed by atoms with E-state index in [0.717, 1.165) is 0 Å². The van der Waals surface area contributed by atoms with Crippen molar-refractivity contribution in [2.45, 2.75) is 59.5 Å². The first-order valence-electron chi connectivity index (χ1n) is 14.3. The lowest BCUT2D eigenvalue weighted by Gasteiger charge is -2.34. The number of benzene rings is 2. The summed E-state index contributed by atoms with van der Waals surface area (Å²) in [6, 6.07) is 10.3. The van der Waals surface area contributed by atoms with Crippen molar-refractivity contribution in [1.29, 1.82) is 0 Å². The van der Waals surface area contributed by atoms with Crippen molar-refractivity contribution in [1.82, 2.24) is 4.90 Å². The normalized spacial score (nSPS) is 14.7. The van der Waals surface area contributed by atoms with E-state index in [1.807, 2.05) is 20.8 Å². The number of aliphatic hydroxyl groups excluding tert-OH is 1. The Morgan fingerprint density at radius 2 is 1.67 bits per heavy atom. The number of carbonyl (C=O) groups is 3. The van der Waals surface area contributed by atoms with Gasteiger partial charge in [0.1, 0.15) is 17.6 Å². The third-order valence-electron chi connectivity index (χ3n) is 7.24. The molecular formula is C32H43ClN2O7. The summed E-state index contributed by atoms with van der Waals surface area (Å²) in [4.78, 5) is 42.4. The second-order valence-corrected chi connectivity index (χ2v) is 12.1. The molecule has 230 valence electrons. The maximum atomic E-state index is 13.9. The molecule has 1 heterocycles. The zero-order chi connectivity index (χ0) is 31.0. The number of para-hydroxylation sites is 1. The van der Waals surface area contributed by atoms with Crippen LogP contribution in [0.1, 0.15) is 70.6 Å². The first-order valence-corrected chi connectivity index (χ1v) is 14.7. The maximum Gasteiger partial charge on any atom is 0.309 e. The maximum absolute atomic E-state index is 13.9. The number of anilines is 1. The number of rotatable bonds is 11. The molecule has 0 radical (unpaired) electrons. The molecule has 1 N–H and O–H groups in total. The molecule has 2 amide bonds. The molecule has 1 aliphatic heterocycles. The van der Waals surface area contributed by atoms with Gasteiger partial charge in [0.2, 0.25) is 11.8 Å². The van der Waals surface area contributed by atoms with Crippen molar-refractivity contribution in [3.8, 4) is 11.5 Å². The highest BCUT2D eigenvalue weighted by atomic mass is 35.5. The fraction of sp³-hybridized carbons (Fsp3) is 0.531. The van der Waals surface area contributed by atoms with Crippen LogP contribution in [0, 0.1) is 11.3 Å². The van der Waals surface area contributed by atoms with Crippen LogP contribution in [-0.2, 0) is 19.1 Å². The number of likely N-dealkylation sites (tertiary alicyclic amines) is 1. The summed E-state index contributed by atoms with van der Waals surface area (Å²) in [5.74, 6) is -0.0335. The molecule has 0 unspecified atom stereocenters. The average Bonchev–Trinajstić information content (AvgIpc) is 2.97. The lowest BCUT2D eigenvalue weighted by atomic mass is 9.93. The molecule has 1 atom stereocenters. The molecule has 42 heavy (non-hydrogen) atoms. The number of carbonyl (C=O) groups excluding carboxylic acids is 3. The zero-order valence-corrected chi connectivity index (χ0v) is 26.2. The van der Waals surface area contributed by atoms with E-state index in [9.17, 15) is 19.5 Å². The van der Waals surface area contributed by atoms with Crippen molar-refractivity contribution < 1.29 is 33.7 Å². The number of methoxy groups -OCH3 is 2. The second-order valence-electron chi connectivity index (χ2n) is 11.6. The van der Waals surface area contributed by atoms with E-state index < -0.39 is 6.10 Å². The van der Waals surface area contributed by atoms with Gasteiger partial charge in [-0.15, -0.1) is 0 Å². The molecule has 10 heteroatoms. The molecule has 0 aliphatic carbocycles. The van der Waals surface area contributed by atoms with E-state index in [2.05, 4.69) is 0 Å². The van der Waals surface area contributed by atoms with Crippen LogP contribution in [0.3, 0.4) is 0 Å². The van der Waals surface area contributed by atoms with E-state index >= 15 is 0 Å². The summed E-state index contributed by atoms with van der Waals surface area (Å²) in [6.07, 6.45) is -0.116. The monoisotopic (exact) mass is 602 g/mol. The lowest BCUT2D eigenvalue weighted by Crippen LogP contribution is -2.42. The topological polar surface area (TPSA) is 106 Å². The molecule has 1 fully saturated rings. The van der Waals surface area contributed by atoms with E-state index in [1.54, 1.807) is 53.1 Å². The summed E-state index contributed by atoms with van der Waals surface area (Å²) >= 11 is 6.45. The molecule has 2 aromatic carbocycles. The van der Waals surface area contributed by atoms with Crippen LogP contribution >= 0.6 is 11.6 Å². The van der Waals surface area contributed by atoms with Gasteiger partial charge < -0.3 is 29.1 Å². The van der Waals surface area contributed by atoms with E-state index in [-0.39, 0.29) is 42.0 Å². The van der Waals surface area contributed by atoms with Crippen LogP contribution in [0.4, 0.5) is 5.69 Å². The number of nitrogens with zero attached hydrogens (tertiary/aromatic N) is 2. The molecule has 0 spiro atoms. The van der Waals surface area contributed by atoms with Gasteiger partial charge >= 0.3 is 5.97 Å². The molecular weight excluding hydrogens is 560 g/mol. The quantitative estimate of drug-likeness (QED) is 0.343. The Balaban J connectivity index is 1.89. The summed E-state index contributed by atoms with van der Waals surface area (Å²) in [6.45, 7) is 9.32. The van der Waals surface area contributed by atoms with Crippen LogP contribution in [0.25, 0.3) is 0 Å². The number of aliphatic hydroxyl groups is 1. The number of hydrogen-bond acceptors (Lipinski definition) is 7. The number of esters is 1. The molecule has 9 nitrogen and oxygen atoms in total. The smallest absolute Gasteiger partial charge is 0.309 e. The van der Waals surface area contributed by atoms with Gasteiger partial charge in [-0.3, -0.25) is 14.4 Å². The van der Waals surface area contributed by atoms with Gasteiger partial charge in [0, 0.05) is 54.7 Å². The molecule has 3 rings (SSSR count). The van der Waals surface area contributed by atoms with E-state index in [1.165, 1.54) is 14.2 Å². The summed E-state index contributed by atoms with van der Waals surface area (Å²) in [7, 11) is 3.01. The third kappa shape index (κ3) is 8.38. The minimum atomic E-state index is -1.18. The molecule has 0 aromatic heterocycles. The number of amides is 2. The molecule has 1 aliphatic rings. The Hall–Kier alpha value is -3.30. The highest BCUT2D eigenvalue weighted by Gasteiger charge is 2.32. The SMILES string of the molecule is CCOC(=O)C1CCN(C(=O)CCC(=O)N(CC(C)(C)C)c2c(OC)cc(Cl)cc2[C@@H](O)c2ccccc2OC)CC1. The van der Waals surface area contributed by atoms with Gasteiger partial charge in [0.15, 0.2) is 0 Å². The largest absolute Gasteiger partial charge is 0.496 e. The lowest BCUT2D eigenvalue weighted by molar-refractivity contribution is -0.151. The summed E-state index contributed by atoms with van der Waals surface area (Å²) < 4.78 is 16.3. The molecule has 1 saturated heterocycles. The second kappa shape index (κ2) is 14.7. The van der Waals surface area contributed by atoms with Crippen molar-refractivity contribution in [3.63, 3.8) is 0 Å². The third-order valence-corrected chi connectivity index (χ3v) is 7.46. The fourth-order valence-corrected chi connectivity index (χ4v) is 5.42. The highest BCUT2D eigenvalue weighted by molar-refractivity contribution is 6.31. The Labute approximate surface area is 253 Å². The van der Waals surface area contributed by atoms with Crippen molar-refractivity contribution >= 4 is 35.1 Å². The van der Waals surface area contributed by atoms with E-state index in [4.69, 9.17) is 25.8 Å². The Morgan fingerprint density at radius 1 is 1.02 bits per heavy atom. The van der Waals surface area contributed by atoms with Crippen molar-refractivity contribution in [2.24, 2.45) is 11.3 Å². The van der Waals surface area contributed by atoms with Gasteiger partial charge in [-0.2, -0.15) is 0 Å². The molecule has 0 saturated carbocycles. The first-order chi connectivity index (χ1) is 19.9. The van der Waals surface area contributed by atoms with Crippen LogP contribution in [0.5, 0.6) is 11.5 Å². The van der Waals surface area contributed by atoms with Crippen LogP contribution in [0.2, 0.25) is 5.02 Å². The number of hydrogen-bond donors (Lipinski definition) is 1. The van der Waals surface area contributed by atoms with Crippen LogP contribution in [0.15, 0.2) is 36.4 Å². The summed E-state index contributed by atoms with van der Waals surface area (Å²) in [5.41, 5.74) is 0.957. The predicted molar refractivity (Wildman–Crippen MR) is 162 cm³/mol. The number of piperidine rings is 1. The van der Waals surface area contributed by atoms with Crippen LogP contribution < -0.4 is 14.4 Å².